The number of ether oxygens (including phenoxy) is 1. The Morgan fingerprint density at radius 2 is 1.87 bits per heavy atom. The number of aromatic nitrogens is 4. The van der Waals surface area contributed by atoms with Gasteiger partial charge in [-0.1, -0.05) is 30.3 Å². The fourth-order valence-corrected chi connectivity index (χ4v) is 3.31. The van der Waals surface area contributed by atoms with E-state index >= 15 is 0 Å². The lowest BCUT2D eigenvalue weighted by Gasteiger charge is -2.15. The Balaban J connectivity index is 2.11. The zero-order valence-corrected chi connectivity index (χ0v) is 16.4. The Labute approximate surface area is 171 Å². The highest BCUT2D eigenvalue weighted by Gasteiger charge is 2.22. The summed E-state index contributed by atoms with van der Waals surface area (Å²) in [4.78, 5) is 47.1. The lowest BCUT2D eigenvalue weighted by atomic mass is 10.1. The van der Waals surface area contributed by atoms with Gasteiger partial charge in [-0.2, -0.15) is 0 Å². The van der Waals surface area contributed by atoms with E-state index in [-0.39, 0.29) is 23.1 Å². The molecule has 150 valence electrons. The van der Waals surface area contributed by atoms with Gasteiger partial charge in [-0.25, -0.2) is 14.6 Å². The lowest BCUT2D eigenvalue weighted by molar-refractivity contribution is 0.0603. The number of fused-ring (bicyclic) bond motifs is 1. The second-order valence-electron chi connectivity index (χ2n) is 6.71. The van der Waals surface area contributed by atoms with Gasteiger partial charge in [0.15, 0.2) is 5.65 Å². The molecular formula is C22H18N4O4. The van der Waals surface area contributed by atoms with Crippen molar-refractivity contribution in [2.24, 2.45) is 7.05 Å². The first-order valence-electron chi connectivity index (χ1n) is 9.18. The van der Waals surface area contributed by atoms with Crippen LogP contribution < -0.4 is 11.2 Å². The molecule has 8 heteroatoms. The molecule has 0 bridgehead atoms. The van der Waals surface area contributed by atoms with Crippen LogP contribution in [0.25, 0.3) is 22.3 Å². The largest absolute Gasteiger partial charge is 0.465 e. The van der Waals surface area contributed by atoms with Crippen LogP contribution in [0.15, 0.2) is 70.5 Å². The zero-order chi connectivity index (χ0) is 21.3. The minimum Gasteiger partial charge on any atom is -0.465 e. The van der Waals surface area contributed by atoms with Crippen LogP contribution in [0.3, 0.4) is 0 Å². The van der Waals surface area contributed by atoms with E-state index in [0.717, 1.165) is 10.1 Å². The second kappa shape index (κ2) is 7.75. The molecule has 0 saturated carbocycles. The van der Waals surface area contributed by atoms with Crippen molar-refractivity contribution in [2.75, 3.05) is 7.11 Å². The number of benzene rings is 1. The summed E-state index contributed by atoms with van der Waals surface area (Å²) in [6.45, 7) is 0.189. The third-order valence-corrected chi connectivity index (χ3v) is 4.84. The topological polar surface area (TPSA) is 96.1 Å². The highest BCUT2D eigenvalue weighted by molar-refractivity contribution is 6.03. The van der Waals surface area contributed by atoms with E-state index in [1.165, 1.54) is 24.8 Å². The molecule has 0 unspecified atom stereocenters. The van der Waals surface area contributed by atoms with E-state index in [4.69, 9.17) is 4.74 Å². The van der Waals surface area contributed by atoms with Crippen molar-refractivity contribution in [2.45, 2.75) is 6.54 Å². The minimum atomic E-state index is -0.686. The average molecular weight is 402 g/mol. The van der Waals surface area contributed by atoms with Crippen LogP contribution in [0.5, 0.6) is 0 Å². The number of carbonyl (C=O) groups excluding carboxylic acids is 1. The first-order chi connectivity index (χ1) is 14.5. The standard InChI is InChI=1S/C22H18N4O4/c1-25-20(27)18-16(21(28)30-2)11-17(15-9-6-10-23-12-15)24-19(18)26(22(25)29)13-14-7-4-3-5-8-14/h3-12H,13H2,1-2H3. The molecular weight excluding hydrogens is 384 g/mol. The van der Waals surface area contributed by atoms with E-state index in [2.05, 4.69) is 9.97 Å². The first-order valence-corrected chi connectivity index (χ1v) is 9.18. The number of pyridine rings is 2. The quantitative estimate of drug-likeness (QED) is 0.485. The number of rotatable bonds is 4. The maximum atomic E-state index is 13.0. The summed E-state index contributed by atoms with van der Waals surface area (Å²) < 4.78 is 7.26. The lowest BCUT2D eigenvalue weighted by Crippen LogP contribution is -2.39. The van der Waals surface area contributed by atoms with Crippen LogP contribution in [0.2, 0.25) is 0 Å². The van der Waals surface area contributed by atoms with Gasteiger partial charge in [0, 0.05) is 25.0 Å². The monoisotopic (exact) mass is 402 g/mol. The molecule has 0 fully saturated rings. The van der Waals surface area contributed by atoms with E-state index < -0.39 is 17.2 Å². The van der Waals surface area contributed by atoms with Crippen LogP contribution in [-0.4, -0.2) is 32.2 Å². The predicted octanol–water partition coefficient (Wildman–Crippen LogP) is 1.99. The van der Waals surface area contributed by atoms with E-state index in [0.29, 0.717) is 11.3 Å². The van der Waals surface area contributed by atoms with E-state index in [9.17, 15) is 14.4 Å². The summed E-state index contributed by atoms with van der Waals surface area (Å²) in [5, 5.41) is 0.0347. The number of carbonyl (C=O) groups is 1. The molecule has 3 aromatic heterocycles. The maximum Gasteiger partial charge on any atom is 0.338 e. The van der Waals surface area contributed by atoms with Crippen molar-refractivity contribution in [3.63, 3.8) is 0 Å². The van der Waals surface area contributed by atoms with Gasteiger partial charge < -0.3 is 4.74 Å². The molecule has 0 spiro atoms. The molecule has 0 N–H and O–H groups in total. The van der Waals surface area contributed by atoms with Gasteiger partial charge in [0.05, 0.1) is 30.3 Å². The molecule has 8 nitrogen and oxygen atoms in total. The van der Waals surface area contributed by atoms with E-state index in [1.807, 2.05) is 30.3 Å². The van der Waals surface area contributed by atoms with Crippen molar-refractivity contribution in [1.82, 2.24) is 19.1 Å². The fourth-order valence-electron chi connectivity index (χ4n) is 3.31. The normalized spacial score (nSPS) is 10.9. The Kier molecular flexibility index (Phi) is 4.97. The van der Waals surface area contributed by atoms with Crippen molar-refractivity contribution in [1.29, 1.82) is 0 Å². The second-order valence-corrected chi connectivity index (χ2v) is 6.71. The summed E-state index contributed by atoms with van der Waals surface area (Å²) in [7, 11) is 2.62. The molecule has 4 aromatic rings. The average Bonchev–Trinajstić information content (AvgIpc) is 2.80. The van der Waals surface area contributed by atoms with Crippen molar-refractivity contribution in [3.05, 3.63) is 92.9 Å². The van der Waals surface area contributed by atoms with Gasteiger partial charge in [-0.15, -0.1) is 0 Å². The number of hydrogen-bond acceptors (Lipinski definition) is 6. The highest BCUT2D eigenvalue weighted by Crippen LogP contribution is 2.23. The van der Waals surface area contributed by atoms with Gasteiger partial charge in [-0.05, 0) is 23.8 Å². The van der Waals surface area contributed by atoms with Gasteiger partial charge in [-0.3, -0.25) is 18.9 Å². The molecule has 0 radical (unpaired) electrons. The van der Waals surface area contributed by atoms with Crippen molar-refractivity contribution >= 4 is 17.0 Å². The van der Waals surface area contributed by atoms with Crippen LogP contribution in [-0.2, 0) is 18.3 Å². The highest BCUT2D eigenvalue weighted by atomic mass is 16.5. The molecule has 0 amide bonds. The van der Waals surface area contributed by atoms with Gasteiger partial charge in [0.2, 0.25) is 0 Å². The summed E-state index contributed by atoms with van der Waals surface area (Å²) in [5.74, 6) is -0.686. The van der Waals surface area contributed by atoms with E-state index in [1.54, 1.807) is 24.5 Å². The van der Waals surface area contributed by atoms with Gasteiger partial charge in [0.1, 0.15) is 0 Å². The molecule has 30 heavy (non-hydrogen) atoms. The molecule has 0 atom stereocenters. The van der Waals surface area contributed by atoms with Gasteiger partial charge in [0.25, 0.3) is 5.56 Å². The molecule has 4 rings (SSSR count). The number of methoxy groups -OCH3 is 1. The number of hydrogen-bond donors (Lipinski definition) is 0. The summed E-state index contributed by atoms with van der Waals surface area (Å²) in [6, 6.07) is 14.3. The molecule has 0 aliphatic heterocycles. The third kappa shape index (κ3) is 3.28. The molecule has 1 aromatic carbocycles. The molecule has 0 aliphatic rings. The maximum absolute atomic E-state index is 13.0. The smallest absolute Gasteiger partial charge is 0.338 e. The number of esters is 1. The van der Waals surface area contributed by atoms with Gasteiger partial charge >= 0.3 is 11.7 Å². The Bertz CT molecular complexity index is 1360. The van der Waals surface area contributed by atoms with Crippen LogP contribution >= 0.6 is 0 Å². The fraction of sp³-hybridized carbons (Fsp3) is 0.136. The van der Waals surface area contributed by atoms with Crippen LogP contribution in [0, 0.1) is 0 Å². The molecule has 0 aliphatic carbocycles. The predicted molar refractivity (Wildman–Crippen MR) is 111 cm³/mol. The number of nitrogens with zero attached hydrogens (tertiary/aromatic N) is 4. The first kappa shape index (κ1) is 19.3. The Morgan fingerprint density at radius 3 is 2.53 bits per heavy atom. The molecule has 3 heterocycles. The van der Waals surface area contributed by atoms with Crippen LogP contribution in [0.1, 0.15) is 15.9 Å². The Morgan fingerprint density at radius 1 is 1.10 bits per heavy atom. The van der Waals surface area contributed by atoms with Crippen molar-refractivity contribution in [3.8, 4) is 11.3 Å². The summed E-state index contributed by atoms with van der Waals surface area (Å²) >= 11 is 0. The SMILES string of the molecule is COC(=O)c1cc(-c2cccnc2)nc2c1c(=O)n(C)c(=O)n2Cc1ccccc1. The molecule has 0 saturated heterocycles. The zero-order valence-electron chi connectivity index (χ0n) is 16.4. The van der Waals surface area contributed by atoms with Crippen molar-refractivity contribution < 1.29 is 9.53 Å². The van der Waals surface area contributed by atoms with Crippen LogP contribution in [0.4, 0.5) is 0 Å². The third-order valence-electron chi connectivity index (χ3n) is 4.84. The Hall–Kier alpha value is -4.07. The minimum absolute atomic E-state index is 0.0347. The summed E-state index contributed by atoms with van der Waals surface area (Å²) in [6.07, 6.45) is 3.21. The summed E-state index contributed by atoms with van der Waals surface area (Å²) in [5.41, 5.74) is 0.938.